The number of amides is 1. The van der Waals surface area contributed by atoms with Gasteiger partial charge in [0, 0.05) is 17.3 Å². The first-order chi connectivity index (χ1) is 9.19. The summed E-state index contributed by atoms with van der Waals surface area (Å²) < 4.78 is 0. The standard InChI is InChI=1S/C14H23N3OS/c1-3-12-10(2)19-14(16-12)17-13(18)8-7-11-6-4-5-9-15-11/h11,15H,3-9H2,1-2H3,(H,16,17,18). The van der Waals surface area contributed by atoms with Crippen molar-refractivity contribution in [2.45, 2.75) is 58.4 Å². The fourth-order valence-electron chi connectivity index (χ4n) is 2.47. The number of hydrogen-bond acceptors (Lipinski definition) is 4. The minimum absolute atomic E-state index is 0.0868. The number of carbonyl (C=O) groups is 1. The summed E-state index contributed by atoms with van der Waals surface area (Å²) in [6, 6.07) is 0.517. The van der Waals surface area contributed by atoms with E-state index in [0.717, 1.165) is 30.2 Å². The molecule has 0 bridgehead atoms. The molecule has 0 radical (unpaired) electrons. The van der Waals surface area contributed by atoms with E-state index in [0.29, 0.717) is 12.5 Å². The van der Waals surface area contributed by atoms with Crippen LogP contribution in [0.1, 0.15) is 49.6 Å². The van der Waals surface area contributed by atoms with Gasteiger partial charge in [-0.1, -0.05) is 13.3 Å². The van der Waals surface area contributed by atoms with Gasteiger partial charge in [-0.05, 0) is 39.2 Å². The fourth-order valence-corrected chi connectivity index (χ4v) is 3.39. The summed E-state index contributed by atoms with van der Waals surface area (Å²) in [6.45, 7) is 5.23. The summed E-state index contributed by atoms with van der Waals surface area (Å²) in [5.74, 6) is 0.0868. The molecule has 0 saturated carbocycles. The monoisotopic (exact) mass is 281 g/mol. The lowest BCUT2D eigenvalue weighted by atomic mass is 10.0. The summed E-state index contributed by atoms with van der Waals surface area (Å²) in [7, 11) is 0. The predicted octanol–water partition coefficient (Wildman–Crippen LogP) is 2.87. The molecule has 1 aromatic rings. The van der Waals surface area contributed by atoms with E-state index in [-0.39, 0.29) is 5.91 Å². The lowest BCUT2D eigenvalue weighted by molar-refractivity contribution is -0.116. The van der Waals surface area contributed by atoms with Crippen molar-refractivity contribution in [2.24, 2.45) is 0 Å². The van der Waals surface area contributed by atoms with Gasteiger partial charge in [-0.2, -0.15) is 0 Å². The van der Waals surface area contributed by atoms with E-state index in [1.165, 1.54) is 24.1 Å². The maximum absolute atomic E-state index is 11.9. The second-order valence-electron chi connectivity index (χ2n) is 5.11. The smallest absolute Gasteiger partial charge is 0.226 e. The number of nitrogens with one attached hydrogen (secondary N) is 2. The van der Waals surface area contributed by atoms with Gasteiger partial charge in [0.1, 0.15) is 0 Å². The second-order valence-corrected chi connectivity index (χ2v) is 6.31. The molecule has 1 amide bonds. The molecular formula is C14H23N3OS. The van der Waals surface area contributed by atoms with Crippen molar-refractivity contribution in [1.29, 1.82) is 0 Å². The molecule has 19 heavy (non-hydrogen) atoms. The van der Waals surface area contributed by atoms with Crippen LogP contribution < -0.4 is 10.6 Å². The van der Waals surface area contributed by atoms with Gasteiger partial charge in [-0.15, -0.1) is 11.3 Å². The number of carbonyl (C=O) groups excluding carboxylic acids is 1. The number of hydrogen-bond donors (Lipinski definition) is 2. The predicted molar refractivity (Wildman–Crippen MR) is 79.7 cm³/mol. The van der Waals surface area contributed by atoms with Gasteiger partial charge < -0.3 is 10.6 Å². The molecule has 4 nitrogen and oxygen atoms in total. The first kappa shape index (κ1) is 14.5. The third kappa shape index (κ3) is 4.28. The third-order valence-corrected chi connectivity index (χ3v) is 4.53. The van der Waals surface area contributed by atoms with Crippen molar-refractivity contribution in [3.05, 3.63) is 10.6 Å². The number of piperidine rings is 1. The second kappa shape index (κ2) is 7.01. The van der Waals surface area contributed by atoms with E-state index < -0.39 is 0 Å². The number of thiazole rings is 1. The average molecular weight is 281 g/mol. The van der Waals surface area contributed by atoms with Crippen LogP contribution in [0.5, 0.6) is 0 Å². The van der Waals surface area contributed by atoms with Crippen LogP contribution in [0.2, 0.25) is 0 Å². The molecule has 2 N–H and O–H groups in total. The van der Waals surface area contributed by atoms with E-state index >= 15 is 0 Å². The zero-order chi connectivity index (χ0) is 13.7. The molecule has 1 atom stereocenters. The molecule has 0 spiro atoms. The summed E-state index contributed by atoms with van der Waals surface area (Å²) in [5.41, 5.74) is 1.09. The lowest BCUT2D eigenvalue weighted by Gasteiger charge is -2.22. The van der Waals surface area contributed by atoms with Gasteiger partial charge in [0.2, 0.25) is 5.91 Å². The van der Waals surface area contributed by atoms with E-state index in [4.69, 9.17) is 0 Å². The van der Waals surface area contributed by atoms with Gasteiger partial charge in [-0.25, -0.2) is 4.98 Å². The minimum atomic E-state index is 0.0868. The van der Waals surface area contributed by atoms with Crippen LogP contribution in [-0.2, 0) is 11.2 Å². The van der Waals surface area contributed by atoms with Crippen molar-refractivity contribution in [3.63, 3.8) is 0 Å². The molecule has 1 saturated heterocycles. The largest absolute Gasteiger partial charge is 0.314 e. The van der Waals surface area contributed by atoms with E-state index in [1.807, 2.05) is 0 Å². The van der Waals surface area contributed by atoms with Gasteiger partial charge in [-0.3, -0.25) is 4.79 Å². The molecule has 106 valence electrons. The molecule has 1 aliphatic rings. The Hall–Kier alpha value is -0.940. The van der Waals surface area contributed by atoms with E-state index in [1.54, 1.807) is 11.3 Å². The molecule has 1 aromatic heterocycles. The number of aromatic nitrogens is 1. The average Bonchev–Trinajstić information content (AvgIpc) is 2.77. The Morgan fingerprint density at radius 3 is 3.00 bits per heavy atom. The summed E-state index contributed by atoms with van der Waals surface area (Å²) in [5, 5.41) is 7.13. The van der Waals surface area contributed by atoms with Crippen LogP contribution in [0.3, 0.4) is 0 Å². The molecule has 1 unspecified atom stereocenters. The van der Waals surface area contributed by atoms with Crippen LogP contribution in [0.25, 0.3) is 0 Å². The van der Waals surface area contributed by atoms with Crippen molar-refractivity contribution in [2.75, 3.05) is 11.9 Å². The zero-order valence-corrected chi connectivity index (χ0v) is 12.6. The van der Waals surface area contributed by atoms with E-state index in [9.17, 15) is 4.79 Å². The highest BCUT2D eigenvalue weighted by Gasteiger charge is 2.15. The van der Waals surface area contributed by atoms with Crippen molar-refractivity contribution in [3.8, 4) is 0 Å². The van der Waals surface area contributed by atoms with Crippen LogP contribution >= 0.6 is 11.3 Å². The Balaban J connectivity index is 1.76. The Labute approximate surface area is 119 Å². The zero-order valence-electron chi connectivity index (χ0n) is 11.8. The lowest BCUT2D eigenvalue weighted by Crippen LogP contribution is -2.34. The summed E-state index contributed by atoms with van der Waals surface area (Å²) >= 11 is 1.57. The highest BCUT2D eigenvalue weighted by atomic mass is 32.1. The number of rotatable bonds is 5. The topological polar surface area (TPSA) is 54.0 Å². The maximum Gasteiger partial charge on any atom is 0.226 e. The minimum Gasteiger partial charge on any atom is -0.314 e. The Morgan fingerprint density at radius 1 is 1.53 bits per heavy atom. The normalized spacial score (nSPS) is 19.4. The molecule has 1 aliphatic heterocycles. The third-order valence-electron chi connectivity index (χ3n) is 3.61. The van der Waals surface area contributed by atoms with Gasteiger partial charge in [0.15, 0.2) is 5.13 Å². The molecule has 5 heteroatoms. The first-order valence-electron chi connectivity index (χ1n) is 7.18. The highest BCUT2D eigenvalue weighted by molar-refractivity contribution is 7.15. The Kier molecular flexibility index (Phi) is 5.34. The molecule has 2 heterocycles. The Bertz CT molecular complexity index is 424. The van der Waals surface area contributed by atoms with Gasteiger partial charge in [0.05, 0.1) is 5.69 Å². The quantitative estimate of drug-likeness (QED) is 0.872. The maximum atomic E-state index is 11.9. The van der Waals surface area contributed by atoms with Crippen LogP contribution in [-0.4, -0.2) is 23.5 Å². The number of nitrogens with zero attached hydrogens (tertiary/aromatic N) is 1. The first-order valence-corrected chi connectivity index (χ1v) is 8.00. The van der Waals surface area contributed by atoms with Crippen LogP contribution in [0, 0.1) is 6.92 Å². The molecule has 2 rings (SSSR count). The van der Waals surface area contributed by atoms with Crippen LogP contribution in [0.15, 0.2) is 0 Å². The molecular weight excluding hydrogens is 258 g/mol. The molecule has 0 aromatic carbocycles. The molecule has 0 aliphatic carbocycles. The van der Waals surface area contributed by atoms with E-state index in [2.05, 4.69) is 29.5 Å². The molecule has 1 fully saturated rings. The summed E-state index contributed by atoms with van der Waals surface area (Å²) in [4.78, 5) is 17.5. The summed E-state index contributed by atoms with van der Waals surface area (Å²) in [6.07, 6.45) is 6.17. The Morgan fingerprint density at radius 2 is 2.37 bits per heavy atom. The number of anilines is 1. The fraction of sp³-hybridized carbons (Fsp3) is 0.714. The van der Waals surface area contributed by atoms with Crippen molar-refractivity contribution < 1.29 is 4.79 Å². The van der Waals surface area contributed by atoms with Gasteiger partial charge >= 0.3 is 0 Å². The highest BCUT2D eigenvalue weighted by Crippen LogP contribution is 2.22. The van der Waals surface area contributed by atoms with Crippen LogP contribution in [0.4, 0.5) is 5.13 Å². The van der Waals surface area contributed by atoms with Crippen molar-refractivity contribution in [1.82, 2.24) is 10.3 Å². The van der Waals surface area contributed by atoms with Gasteiger partial charge in [0.25, 0.3) is 0 Å². The number of aryl methyl sites for hydroxylation is 2. The van der Waals surface area contributed by atoms with Crippen molar-refractivity contribution >= 4 is 22.4 Å². The SMILES string of the molecule is CCc1nc(NC(=O)CCC2CCCCN2)sc1C.